The van der Waals surface area contributed by atoms with Crippen LogP contribution in [0.4, 0.5) is 4.39 Å². The van der Waals surface area contributed by atoms with Gasteiger partial charge in [-0.25, -0.2) is 4.39 Å². The molecule has 0 fully saturated rings. The monoisotopic (exact) mass is 377 g/mol. The van der Waals surface area contributed by atoms with Crippen LogP contribution in [0, 0.1) is 5.82 Å². The van der Waals surface area contributed by atoms with Crippen LogP contribution in [0.1, 0.15) is 16.0 Å². The summed E-state index contributed by atoms with van der Waals surface area (Å²) >= 11 is 1.77. The molecule has 0 amide bonds. The van der Waals surface area contributed by atoms with Crippen molar-refractivity contribution in [1.29, 1.82) is 0 Å². The van der Waals surface area contributed by atoms with Crippen molar-refractivity contribution in [2.24, 2.45) is 4.99 Å². The zero-order valence-corrected chi connectivity index (χ0v) is 15.9. The van der Waals surface area contributed by atoms with Crippen molar-refractivity contribution in [3.05, 3.63) is 51.5 Å². The first-order valence-electron chi connectivity index (χ1n) is 8.63. The Bertz CT molecular complexity index is 749. The number of fused-ring (bicyclic) bond motifs is 1. The van der Waals surface area contributed by atoms with Gasteiger partial charge in [0.1, 0.15) is 11.6 Å². The molecule has 1 aromatic carbocycles. The first-order chi connectivity index (χ1) is 12.7. The molecule has 2 heterocycles. The quantitative estimate of drug-likeness (QED) is 0.621. The van der Waals surface area contributed by atoms with Crippen molar-refractivity contribution >= 4 is 17.3 Å². The van der Waals surface area contributed by atoms with E-state index in [0.717, 1.165) is 35.8 Å². The van der Waals surface area contributed by atoms with E-state index in [1.165, 1.54) is 17.0 Å². The molecule has 3 rings (SSSR count). The molecule has 0 aliphatic carbocycles. The molecule has 1 aliphatic heterocycles. The zero-order chi connectivity index (χ0) is 18.4. The third kappa shape index (κ3) is 4.74. The number of ether oxygens (including phenoxy) is 2. The van der Waals surface area contributed by atoms with E-state index in [-0.39, 0.29) is 12.6 Å². The largest absolute Gasteiger partial charge is 0.467 e. The van der Waals surface area contributed by atoms with Crippen LogP contribution in [0.15, 0.2) is 34.6 Å². The van der Waals surface area contributed by atoms with Crippen LogP contribution in [0.2, 0.25) is 0 Å². The van der Waals surface area contributed by atoms with Crippen molar-refractivity contribution in [2.45, 2.75) is 19.4 Å². The van der Waals surface area contributed by atoms with Gasteiger partial charge in [0.05, 0.1) is 6.61 Å². The smallest absolute Gasteiger partial charge is 0.193 e. The van der Waals surface area contributed by atoms with Gasteiger partial charge in [0, 0.05) is 37.6 Å². The van der Waals surface area contributed by atoms with Crippen LogP contribution >= 0.6 is 11.3 Å². The van der Waals surface area contributed by atoms with E-state index >= 15 is 0 Å². The first kappa shape index (κ1) is 18.7. The van der Waals surface area contributed by atoms with Gasteiger partial charge in [-0.15, -0.1) is 11.3 Å². The van der Waals surface area contributed by atoms with Crippen LogP contribution in [-0.4, -0.2) is 44.8 Å². The summed E-state index contributed by atoms with van der Waals surface area (Å²) in [5, 5.41) is 5.44. The molecule has 0 spiro atoms. The number of aliphatic imine (C=N–C) groups is 1. The highest BCUT2D eigenvalue weighted by atomic mass is 32.1. The molecule has 0 bridgehead atoms. The molecule has 0 unspecified atom stereocenters. The maximum atomic E-state index is 13.8. The molecule has 0 saturated carbocycles. The number of halogens is 1. The Balaban J connectivity index is 1.54. The van der Waals surface area contributed by atoms with E-state index in [0.29, 0.717) is 19.6 Å². The van der Waals surface area contributed by atoms with Gasteiger partial charge in [-0.2, -0.15) is 0 Å². The van der Waals surface area contributed by atoms with Crippen molar-refractivity contribution in [3.63, 3.8) is 0 Å². The van der Waals surface area contributed by atoms with E-state index in [1.807, 2.05) is 7.05 Å². The number of thiophene rings is 1. The SMILES string of the molecule is CN=C(NCCc1cc(F)cc2c1OCOC2)N(C)CCc1cccs1. The Morgan fingerprint density at radius 2 is 2.27 bits per heavy atom. The summed E-state index contributed by atoms with van der Waals surface area (Å²) < 4.78 is 24.6. The standard InChI is InChI=1S/C19H24FN3O2S/c1-21-19(23(2)8-6-17-4-3-9-26-17)22-7-5-14-10-16(20)11-15-12-24-13-25-18(14)15/h3-4,9-11H,5-8,12-13H2,1-2H3,(H,21,22). The van der Waals surface area contributed by atoms with E-state index < -0.39 is 0 Å². The van der Waals surface area contributed by atoms with Crippen molar-refractivity contribution < 1.29 is 13.9 Å². The number of benzene rings is 1. The third-order valence-corrected chi connectivity index (χ3v) is 5.21. The topological polar surface area (TPSA) is 46.1 Å². The second-order valence-corrected chi connectivity index (χ2v) is 7.17. The molecule has 1 aromatic heterocycles. The maximum Gasteiger partial charge on any atom is 0.193 e. The molecule has 26 heavy (non-hydrogen) atoms. The maximum absolute atomic E-state index is 13.8. The summed E-state index contributed by atoms with van der Waals surface area (Å²) in [7, 11) is 3.79. The lowest BCUT2D eigenvalue weighted by Crippen LogP contribution is -2.40. The summed E-state index contributed by atoms with van der Waals surface area (Å²) in [5.74, 6) is 1.32. The normalized spacial score (nSPS) is 13.9. The minimum Gasteiger partial charge on any atom is -0.467 e. The Morgan fingerprint density at radius 3 is 3.04 bits per heavy atom. The molecule has 1 N–H and O–H groups in total. The summed E-state index contributed by atoms with van der Waals surface area (Å²) in [6.07, 6.45) is 1.64. The second kappa shape index (κ2) is 9.00. The molecule has 0 radical (unpaired) electrons. The zero-order valence-electron chi connectivity index (χ0n) is 15.1. The number of hydrogen-bond acceptors (Lipinski definition) is 4. The minimum absolute atomic E-state index is 0.214. The Hall–Kier alpha value is -2.12. The summed E-state index contributed by atoms with van der Waals surface area (Å²) in [4.78, 5) is 7.80. The average Bonchev–Trinajstić information content (AvgIpc) is 3.16. The van der Waals surface area contributed by atoms with Crippen LogP contribution in [0.3, 0.4) is 0 Å². The van der Waals surface area contributed by atoms with Gasteiger partial charge >= 0.3 is 0 Å². The third-order valence-electron chi connectivity index (χ3n) is 4.28. The molecule has 0 saturated heterocycles. The predicted octanol–water partition coefficient (Wildman–Crippen LogP) is 3.05. The summed E-state index contributed by atoms with van der Waals surface area (Å²) in [6.45, 7) is 2.14. The summed E-state index contributed by atoms with van der Waals surface area (Å²) in [6, 6.07) is 7.23. The van der Waals surface area contributed by atoms with E-state index in [1.54, 1.807) is 18.4 Å². The lowest BCUT2D eigenvalue weighted by atomic mass is 10.1. The predicted molar refractivity (Wildman–Crippen MR) is 102 cm³/mol. The first-order valence-corrected chi connectivity index (χ1v) is 9.51. The lowest BCUT2D eigenvalue weighted by molar-refractivity contribution is -0.0172. The average molecular weight is 377 g/mol. The fraction of sp³-hybridized carbons (Fsp3) is 0.421. The van der Waals surface area contributed by atoms with Crippen LogP contribution in [0.5, 0.6) is 5.75 Å². The number of guanidine groups is 1. The number of nitrogens with zero attached hydrogens (tertiary/aromatic N) is 2. The Morgan fingerprint density at radius 1 is 1.38 bits per heavy atom. The minimum atomic E-state index is -0.259. The molecule has 7 heteroatoms. The molecule has 0 atom stereocenters. The van der Waals surface area contributed by atoms with Gasteiger partial charge in [-0.05, 0) is 42.0 Å². The van der Waals surface area contributed by atoms with Gasteiger partial charge < -0.3 is 19.7 Å². The van der Waals surface area contributed by atoms with E-state index in [2.05, 4.69) is 32.7 Å². The van der Waals surface area contributed by atoms with Gasteiger partial charge in [0.15, 0.2) is 12.8 Å². The number of likely N-dealkylation sites (N-methyl/N-ethyl adjacent to an activating group) is 1. The van der Waals surface area contributed by atoms with Crippen molar-refractivity contribution in [2.75, 3.05) is 34.0 Å². The highest BCUT2D eigenvalue weighted by molar-refractivity contribution is 7.09. The van der Waals surface area contributed by atoms with E-state index in [9.17, 15) is 4.39 Å². The van der Waals surface area contributed by atoms with Gasteiger partial charge in [-0.1, -0.05) is 6.07 Å². The number of hydrogen-bond donors (Lipinski definition) is 1. The Kier molecular flexibility index (Phi) is 6.46. The number of rotatable bonds is 6. The molecule has 140 valence electrons. The highest BCUT2D eigenvalue weighted by Crippen LogP contribution is 2.29. The number of nitrogens with one attached hydrogen (secondary N) is 1. The molecule has 2 aromatic rings. The van der Waals surface area contributed by atoms with Crippen molar-refractivity contribution in [3.8, 4) is 5.75 Å². The molecule has 5 nitrogen and oxygen atoms in total. The fourth-order valence-electron chi connectivity index (χ4n) is 2.97. The second-order valence-electron chi connectivity index (χ2n) is 6.14. The van der Waals surface area contributed by atoms with Crippen LogP contribution in [-0.2, 0) is 24.2 Å². The highest BCUT2D eigenvalue weighted by Gasteiger charge is 2.17. The van der Waals surface area contributed by atoms with Gasteiger partial charge in [-0.3, -0.25) is 4.99 Å². The van der Waals surface area contributed by atoms with Gasteiger partial charge in [0.25, 0.3) is 0 Å². The van der Waals surface area contributed by atoms with E-state index in [4.69, 9.17) is 9.47 Å². The fourth-order valence-corrected chi connectivity index (χ4v) is 3.67. The molecular formula is C19H24FN3O2S. The lowest BCUT2D eigenvalue weighted by Gasteiger charge is -2.23. The Labute approximate surface area is 157 Å². The van der Waals surface area contributed by atoms with Crippen LogP contribution < -0.4 is 10.1 Å². The summed E-state index contributed by atoms with van der Waals surface area (Å²) in [5.41, 5.74) is 1.62. The molecular weight excluding hydrogens is 353 g/mol. The molecule has 1 aliphatic rings. The van der Waals surface area contributed by atoms with Crippen LogP contribution in [0.25, 0.3) is 0 Å². The van der Waals surface area contributed by atoms with Gasteiger partial charge in [0.2, 0.25) is 0 Å². The van der Waals surface area contributed by atoms with Crippen molar-refractivity contribution in [1.82, 2.24) is 10.2 Å².